The number of piperidine rings is 1. The van der Waals surface area contributed by atoms with Gasteiger partial charge < -0.3 is 9.32 Å². The third kappa shape index (κ3) is 3.13. The quantitative estimate of drug-likeness (QED) is 0.790. The van der Waals surface area contributed by atoms with Crippen LogP contribution in [-0.4, -0.2) is 63.1 Å². The molecule has 1 aliphatic carbocycles. The first-order valence-corrected chi connectivity index (χ1v) is 10.5. The number of hydrogen-bond donors (Lipinski definition) is 0. The number of aryl methyl sites for hydroxylation is 1. The van der Waals surface area contributed by atoms with Crippen molar-refractivity contribution in [2.45, 2.75) is 50.5 Å². The molecule has 0 spiro atoms. The first kappa shape index (κ1) is 18.7. The van der Waals surface area contributed by atoms with Crippen LogP contribution >= 0.6 is 0 Å². The van der Waals surface area contributed by atoms with Gasteiger partial charge in [0.2, 0.25) is 11.8 Å². The maximum Gasteiger partial charge on any atom is 0.256 e. The van der Waals surface area contributed by atoms with Crippen molar-refractivity contribution >= 4 is 5.91 Å². The maximum atomic E-state index is 14.1. The molecular formula is C21H26FN5O2. The Balaban J connectivity index is 1.42. The molecule has 0 bridgehead atoms. The lowest BCUT2D eigenvalue weighted by Gasteiger charge is -2.41. The van der Waals surface area contributed by atoms with Gasteiger partial charge in [-0.1, -0.05) is 12.8 Å². The number of halogens is 1. The molecule has 0 aromatic carbocycles. The summed E-state index contributed by atoms with van der Waals surface area (Å²) in [5.74, 6) is 0.637. The molecule has 3 aliphatic rings. The van der Waals surface area contributed by atoms with Crippen molar-refractivity contribution in [3.05, 3.63) is 41.6 Å². The van der Waals surface area contributed by atoms with Gasteiger partial charge in [-0.25, -0.2) is 4.39 Å². The van der Waals surface area contributed by atoms with E-state index in [1.165, 1.54) is 37.9 Å². The van der Waals surface area contributed by atoms with E-state index in [-0.39, 0.29) is 22.8 Å². The number of rotatable bonds is 3. The van der Waals surface area contributed by atoms with Gasteiger partial charge in [-0.3, -0.25) is 14.7 Å². The first-order chi connectivity index (χ1) is 14.1. The zero-order valence-corrected chi connectivity index (χ0v) is 16.7. The average molecular weight is 399 g/mol. The Morgan fingerprint density at radius 3 is 2.83 bits per heavy atom. The zero-order valence-electron chi connectivity index (χ0n) is 16.7. The maximum absolute atomic E-state index is 14.1. The van der Waals surface area contributed by atoms with Crippen LogP contribution in [0.25, 0.3) is 0 Å². The molecule has 0 unspecified atom stereocenters. The van der Waals surface area contributed by atoms with Crippen molar-refractivity contribution < 1.29 is 13.6 Å². The van der Waals surface area contributed by atoms with Gasteiger partial charge >= 0.3 is 0 Å². The Bertz CT molecular complexity index is 912. The Kier molecular flexibility index (Phi) is 4.61. The van der Waals surface area contributed by atoms with Gasteiger partial charge in [-0.05, 0) is 25.3 Å². The second-order valence-corrected chi connectivity index (χ2v) is 8.70. The number of carbonyl (C=O) groups excluding carboxylic acids is 1. The summed E-state index contributed by atoms with van der Waals surface area (Å²) in [6.07, 6.45) is 8.34. The van der Waals surface area contributed by atoms with Crippen LogP contribution < -0.4 is 0 Å². The van der Waals surface area contributed by atoms with Gasteiger partial charge in [-0.2, -0.15) is 0 Å². The predicted molar refractivity (Wildman–Crippen MR) is 103 cm³/mol. The fraction of sp³-hybridized carbons (Fsp3) is 0.619. The largest absolute Gasteiger partial charge is 0.425 e. The van der Waals surface area contributed by atoms with Crippen molar-refractivity contribution in [3.63, 3.8) is 0 Å². The lowest BCUT2D eigenvalue weighted by atomic mass is 9.72. The summed E-state index contributed by atoms with van der Waals surface area (Å²) in [6.45, 7) is 4.75. The Hall–Kier alpha value is -2.35. The molecule has 0 radical (unpaired) electrons. The van der Waals surface area contributed by atoms with E-state index >= 15 is 0 Å². The molecule has 3 fully saturated rings. The summed E-state index contributed by atoms with van der Waals surface area (Å²) >= 11 is 0. The Morgan fingerprint density at radius 1 is 1.28 bits per heavy atom. The highest BCUT2D eigenvalue weighted by Crippen LogP contribution is 2.46. The van der Waals surface area contributed by atoms with Crippen LogP contribution in [0.15, 0.2) is 22.9 Å². The number of carbonyl (C=O) groups is 1. The molecule has 2 saturated heterocycles. The molecule has 0 N–H and O–H groups in total. The number of fused-ring (bicyclic) bond motifs is 1. The second-order valence-electron chi connectivity index (χ2n) is 8.70. The summed E-state index contributed by atoms with van der Waals surface area (Å²) in [5.41, 5.74) is -0.135. The molecule has 154 valence electrons. The fourth-order valence-corrected chi connectivity index (χ4v) is 5.52. The Morgan fingerprint density at radius 2 is 2.10 bits per heavy atom. The molecule has 2 aliphatic heterocycles. The van der Waals surface area contributed by atoms with Crippen LogP contribution in [0.2, 0.25) is 0 Å². The minimum atomic E-state index is -0.569. The van der Waals surface area contributed by atoms with Crippen LogP contribution in [0.5, 0.6) is 0 Å². The predicted octanol–water partition coefficient (Wildman–Crippen LogP) is 2.57. The van der Waals surface area contributed by atoms with E-state index in [0.717, 1.165) is 25.7 Å². The van der Waals surface area contributed by atoms with E-state index in [0.29, 0.717) is 30.9 Å². The fourth-order valence-electron chi connectivity index (χ4n) is 5.52. The molecule has 29 heavy (non-hydrogen) atoms. The summed E-state index contributed by atoms with van der Waals surface area (Å²) in [6, 6.07) is 2.06. The van der Waals surface area contributed by atoms with Gasteiger partial charge in [0.05, 0.1) is 17.2 Å². The monoisotopic (exact) mass is 399 g/mol. The molecule has 2 aromatic rings. The van der Waals surface area contributed by atoms with Crippen LogP contribution in [-0.2, 0) is 5.41 Å². The SMILES string of the molecule is Cc1nnc([C@]23CCN(C(=O)c4ccncc4F)C[C@H]2CN(C2CCCC2)C3)o1. The van der Waals surface area contributed by atoms with Gasteiger partial charge in [0, 0.05) is 51.3 Å². The third-order valence-electron chi connectivity index (χ3n) is 7.07. The summed E-state index contributed by atoms with van der Waals surface area (Å²) in [7, 11) is 0. The molecule has 8 heteroatoms. The number of pyridine rings is 1. The Labute approximate surface area is 169 Å². The number of likely N-dealkylation sites (tertiary alicyclic amines) is 2. The van der Waals surface area contributed by atoms with Gasteiger partial charge in [-0.15, -0.1) is 10.2 Å². The van der Waals surface area contributed by atoms with Crippen LogP contribution in [0.1, 0.15) is 54.2 Å². The lowest BCUT2D eigenvalue weighted by molar-refractivity contribution is 0.0563. The van der Waals surface area contributed by atoms with E-state index < -0.39 is 5.82 Å². The molecule has 2 atom stereocenters. The smallest absolute Gasteiger partial charge is 0.256 e. The van der Waals surface area contributed by atoms with E-state index in [1.807, 2.05) is 6.92 Å². The number of nitrogens with zero attached hydrogens (tertiary/aromatic N) is 5. The standard InChI is InChI=1S/C21H26FN5O2/c1-14-24-25-20(29-14)21-7-9-26(19(28)17-6-8-23-10-18(17)22)11-15(21)12-27(13-21)16-4-2-3-5-16/h6,8,10,15-16H,2-5,7,9,11-13H2,1H3/t15-,21-/m0/s1. The summed E-state index contributed by atoms with van der Waals surface area (Å²) in [5, 5.41) is 8.47. The van der Waals surface area contributed by atoms with E-state index in [4.69, 9.17) is 4.42 Å². The third-order valence-corrected chi connectivity index (χ3v) is 7.07. The summed E-state index contributed by atoms with van der Waals surface area (Å²) in [4.78, 5) is 21.1. The number of hydrogen-bond acceptors (Lipinski definition) is 6. The number of amides is 1. The number of aromatic nitrogens is 3. The minimum Gasteiger partial charge on any atom is -0.425 e. The molecule has 2 aromatic heterocycles. The molecular weight excluding hydrogens is 373 g/mol. The molecule has 7 nitrogen and oxygen atoms in total. The average Bonchev–Trinajstić information content (AvgIpc) is 3.46. The minimum absolute atomic E-state index is 0.0896. The first-order valence-electron chi connectivity index (χ1n) is 10.5. The molecule has 4 heterocycles. The summed E-state index contributed by atoms with van der Waals surface area (Å²) < 4.78 is 20.0. The van der Waals surface area contributed by atoms with Crippen molar-refractivity contribution in [1.29, 1.82) is 0 Å². The highest BCUT2D eigenvalue weighted by molar-refractivity contribution is 5.94. The van der Waals surface area contributed by atoms with Gasteiger partial charge in [0.1, 0.15) is 0 Å². The molecule has 1 amide bonds. The zero-order chi connectivity index (χ0) is 20.0. The van der Waals surface area contributed by atoms with E-state index in [9.17, 15) is 9.18 Å². The van der Waals surface area contributed by atoms with Gasteiger partial charge in [0.15, 0.2) is 5.82 Å². The van der Waals surface area contributed by atoms with E-state index in [2.05, 4.69) is 20.1 Å². The topological polar surface area (TPSA) is 75.4 Å². The van der Waals surface area contributed by atoms with Crippen molar-refractivity contribution in [1.82, 2.24) is 25.0 Å². The van der Waals surface area contributed by atoms with Crippen molar-refractivity contribution in [3.8, 4) is 0 Å². The molecule has 5 rings (SSSR count). The second kappa shape index (κ2) is 7.16. The van der Waals surface area contributed by atoms with Crippen LogP contribution in [0.3, 0.4) is 0 Å². The van der Waals surface area contributed by atoms with Crippen LogP contribution in [0.4, 0.5) is 4.39 Å². The highest BCUT2D eigenvalue weighted by atomic mass is 19.1. The highest BCUT2D eigenvalue weighted by Gasteiger charge is 2.55. The molecule has 1 saturated carbocycles. The van der Waals surface area contributed by atoms with Crippen molar-refractivity contribution in [2.75, 3.05) is 26.2 Å². The van der Waals surface area contributed by atoms with Crippen molar-refractivity contribution in [2.24, 2.45) is 5.92 Å². The van der Waals surface area contributed by atoms with Gasteiger partial charge in [0.25, 0.3) is 5.91 Å². The normalized spacial score (nSPS) is 28.1. The van der Waals surface area contributed by atoms with Crippen LogP contribution in [0, 0.1) is 18.7 Å². The lowest BCUT2D eigenvalue weighted by Crippen LogP contribution is -2.51. The van der Waals surface area contributed by atoms with E-state index in [1.54, 1.807) is 4.90 Å².